The van der Waals surface area contributed by atoms with Crippen LogP contribution < -0.4 is 5.32 Å². The van der Waals surface area contributed by atoms with E-state index in [1.54, 1.807) is 23.1 Å². The predicted octanol–water partition coefficient (Wildman–Crippen LogP) is 2.68. The summed E-state index contributed by atoms with van der Waals surface area (Å²) in [5.41, 5.74) is 0.185. The van der Waals surface area contributed by atoms with Crippen molar-refractivity contribution >= 4 is 5.91 Å². The zero-order valence-electron chi connectivity index (χ0n) is 12.2. The zero-order chi connectivity index (χ0) is 14.5. The second-order valence-electron chi connectivity index (χ2n) is 5.80. The predicted molar refractivity (Wildman–Crippen MR) is 78.2 cm³/mol. The van der Waals surface area contributed by atoms with Gasteiger partial charge >= 0.3 is 0 Å². The number of hydrogen-bond donors (Lipinski definition) is 1. The topological polar surface area (TPSA) is 32.3 Å². The van der Waals surface area contributed by atoms with E-state index in [1.165, 1.54) is 6.07 Å². The number of nitrogens with zero attached hydrogens (tertiary/aromatic N) is 1. The second kappa shape index (κ2) is 6.84. The molecule has 0 saturated carbocycles. The Morgan fingerprint density at radius 1 is 1.45 bits per heavy atom. The van der Waals surface area contributed by atoms with Gasteiger partial charge in [0.25, 0.3) is 5.91 Å². The quantitative estimate of drug-likeness (QED) is 0.918. The largest absolute Gasteiger partial charge is 0.338 e. The van der Waals surface area contributed by atoms with Crippen molar-refractivity contribution in [1.29, 1.82) is 0 Å². The van der Waals surface area contributed by atoms with Gasteiger partial charge in [0.2, 0.25) is 0 Å². The van der Waals surface area contributed by atoms with E-state index in [1.807, 2.05) is 0 Å². The molecule has 110 valence electrons. The molecule has 1 heterocycles. The summed E-state index contributed by atoms with van der Waals surface area (Å²) in [5.74, 6) is -0.154. The molecule has 1 aromatic carbocycles. The molecule has 1 aromatic rings. The van der Waals surface area contributed by atoms with E-state index in [0.29, 0.717) is 18.5 Å². The number of amides is 1. The summed E-state index contributed by atoms with van der Waals surface area (Å²) in [4.78, 5) is 14.2. The van der Waals surface area contributed by atoms with Crippen LogP contribution in [0.4, 0.5) is 4.39 Å². The van der Waals surface area contributed by atoms with E-state index >= 15 is 0 Å². The molecule has 1 aliphatic rings. The summed E-state index contributed by atoms with van der Waals surface area (Å²) in [5, 5.41) is 3.41. The van der Waals surface area contributed by atoms with Crippen LogP contribution in [-0.2, 0) is 0 Å². The Labute approximate surface area is 120 Å². The summed E-state index contributed by atoms with van der Waals surface area (Å²) < 4.78 is 13.7. The van der Waals surface area contributed by atoms with Crippen LogP contribution in [0.2, 0.25) is 0 Å². The summed E-state index contributed by atoms with van der Waals surface area (Å²) in [7, 11) is 0. The third kappa shape index (κ3) is 3.79. The van der Waals surface area contributed by atoms with Crippen LogP contribution in [0.3, 0.4) is 0 Å². The van der Waals surface area contributed by atoms with Gasteiger partial charge in [-0.1, -0.05) is 26.0 Å². The average molecular weight is 278 g/mol. The highest BCUT2D eigenvalue weighted by Gasteiger charge is 2.25. The lowest BCUT2D eigenvalue weighted by Gasteiger charge is -2.33. The van der Waals surface area contributed by atoms with Crippen molar-refractivity contribution in [3.8, 4) is 0 Å². The molecule has 1 N–H and O–H groups in total. The van der Waals surface area contributed by atoms with Crippen molar-refractivity contribution < 1.29 is 9.18 Å². The van der Waals surface area contributed by atoms with Crippen LogP contribution in [0, 0.1) is 11.7 Å². The lowest BCUT2D eigenvalue weighted by molar-refractivity contribution is 0.0667. The van der Waals surface area contributed by atoms with Gasteiger partial charge in [-0.05, 0) is 37.4 Å². The van der Waals surface area contributed by atoms with Gasteiger partial charge < -0.3 is 10.2 Å². The minimum atomic E-state index is -0.431. The molecule has 0 bridgehead atoms. The fourth-order valence-corrected chi connectivity index (χ4v) is 2.62. The number of piperidine rings is 1. The Morgan fingerprint density at radius 3 is 2.90 bits per heavy atom. The number of carbonyl (C=O) groups excluding carboxylic acids is 1. The van der Waals surface area contributed by atoms with Crippen LogP contribution >= 0.6 is 0 Å². The standard InChI is InChI=1S/C16H23FN2O/c1-12(2)18-10-13-6-5-9-19(11-13)16(20)14-7-3-4-8-15(14)17/h3-4,7-8,12-13,18H,5-6,9-11H2,1-2H3. The molecule has 1 fully saturated rings. The van der Waals surface area contributed by atoms with E-state index < -0.39 is 5.82 Å². The Bertz CT molecular complexity index is 462. The van der Waals surface area contributed by atoms with Gasteiger partial charge in [-0.3, -0.25) is 4.79 Å². The Morgan fingerprint density at radius 2 is 2.20 bits per heavy atom. The van der Waals surface area contributed by atoms with E-state index in [4.69, 9.17) is 0 Å². The maximum absolute atomic E-state index is 13.7. The normalized spacial score (nSPS) is 19.4. The highest BCUT2D eigenvalue weighted by molar-refractivity contribution is 5.94. The van der Waals surface area contributed by atoms with Gasteiger partial charge in [0.05, 0.1) is 5.56 Å². The van der Waals surface area contributed by atoms with Crippen LogP contribution in [0.15, 0.2) is 24.3 Å². The first-order valence-corrected chi connectivity index (χ1v) is 7.35. The van der Waals surface area contributed by atoms with Gasteiger partial charge in [-0.15, -0.1) is 0 Å². The molecule has 2 rings (SSSR count). The summed E-state index contributed by atoms with van der Waals surface area (Å²) in [6.07, 6.45) is 2.12. The van der Waals surface area contributed by atoms with E-state index in [-0.39, 0.29) is 11.5 Å². The van der Waals surface area contributed by atoms with Crippen LogP contribution in [0.5, 0.6) is 0 Å². The van der Waals surface area contributed by atoms with Crippen molar-refractivity contribution in [2.24, 2.45) is 5.92 Å². The minimum Gasteiger partial charge on any atom is -0.338 e. The van der Waals surface area contributed by atoms with Crippen molar-refractivity contribution in [1.82, 2.24) is 10.2 Å². The van der Waals surface area contributed by atoms with Gasteiger partial charge in [0.15, 0.2) is 0 Å². The molecule has 4 heteroatoms. The number of carbonyl (C=O) groups is 1. The van der Waals surface area contributed by atoms with Gasteiger partial charge in [-0.25, -0.2) is 4.39 Å². The van der Waals surface area contributed by atoms with Crippen LogP contribution in [0.25, 0.3) is 0 Å². The molecule has 20 heavy (non-hydrogen) atoms. The fourth-order valence-electron chi connectivity index (χ4n) is 2.62. The van der Waals surface area contributed by atoms with Crippen molar-refractivity contribution in [3.63, 3.8) is 0 Å². The first-order chi connectivity index (χ1) is 9.58. The van der Waals surface area contributed by atoms with Crippen molar-refractivity contribution in [3.05, 3.63) is 35.6 Å². The van der Waals surface area contributed by atoms with Crippen LogP contribution in [0.1, 0.15) is 37.0 Å². The molecule has 0 aliphatic carbocycles. The molecule has 0 aromatic heterocycles. The van der Waals surface area contributed by atoms with E-state index in [2.05, 4.69) is 19.2 Å². The molecule has 3 nitrogen and oxygen atoms in total. The molecule has 1 amide bonds. The molecule has 0 spiro atoms. The maximum Gasteiger partial charge on any atom is 0.256 e. The molecular weight excluding hydrogens is 255 g/mol. The summed E-state index contributed by atoms with van der Waals surface area (Å²) in [6.45, 7) is 6.59. The van der Waals surface area contributed by atoms with Crippen LogP contribution in [-0.4, -0.2) is 36.5 Å². The number of nitrogens with one attached hydrogen (secondary N) is 1. The first-order valence-electron chi connectivity index (χ1n) is 7.35. The smallest absolute Gasteiger partial charge is 0.256 e. The molecule has 1 saturated heterocycles. The highest BCUT2D eigenvalue weighted by atomic mass is 19.1. The average Bonchev–Trinajstić information content (AvgIpc) is 2.45. The highest BCUT2D eigenvalue weighted by Crippen LogP contribution is 2.19. The monoisotopic (exact) mass is 278 g/mol. The lowest BCUT2D eigenvalue weighted by atomic mass is 9.97. The molecule has 1 atom stereocenters. The fraction of sp³-hybridized carbons (Fsp3) is 0.562. The SMILES string of the molecule is CC(C)NCC1CCCN(C(=O)c2ccccc2F)C1. The Kier molecular flexibility index (Phi) is 5.12. The number of rotatable bonds is 4. The van der Waals surface area contributed by atoms with E-state index in [9.17, 15) is 9.18 Å². The number of likely N-dealkylation sites (tertiary alicyclic amines) is 1. The molecule has 1 unspecified atom stereocenters. The number of halogens is 1. The van der Waals surface area contributed by atoms with Gasteiger partial charge in [0.1, 0.15) is 5.82 Å². The third-order valence-electron chi connectivity index (χ3n) is 3.73. The maximum atomic E-state index is 13.7. The summed E-state index contributed by atoms with van der Waals surface area (Å²) >= 11 is 0. The second-order valence-corrected chi connectivity index (χ2v) is 5.80. The lowest BCUT2D eigenvalue weighted by Crippen LogP contribution is -2.44. The molecule has 1 aliphatic heterocycles. The molecular formula is C16H23FN2O. The number of hydrogen-bond acceptors (Lipinski definition) is 2. The van der Waals surface area contributed by atoms with Crippen molar-refractivity contribution in [2.45, 2.75) is 32.7 Å². The van der Waals surface area contributed by atoms with E-state index in [0.717, 1.165) is 25.9 Å². The Hall–Kier alpha value is -1.42. The van der Waals surface area contributed by atoms with Crippen molar-refractivity contribution in [2.75, 3.05) is 19.6 Å². The zero-order valence-corrected chi connectivity index (χ0v) is 12.2. The summed E-state index contributed by atoms with van der Waals surface area (Å²) in [6, 6.07) is 6.67. The molecule has 0 radical (unpaired) electrons. The Balaban J connectivity index is 1.98. The first kappa shape index (κ1) is 15.0. The minimum absolute atomic E-state index is 0.183. The van der Waals surface area contributed by atoms with Gasteiger partial charge in [0, 0.05) is 19.1 Å². The number of benzene rings is 1. The third-order valence-corrected chi connectivity index (χ3v) is 3.73. The van der Waals surface area contributed by atoms with Gasteiger partial charge in [-0.2, -0.15) is 0 Å².